The van der Waals surface area contributed by atoms with Gasteiger partial charge in [0.15, 0.2) is 0 Å². The maximum absolute atomic E-state index is 12.7. The zero-order chi connectivity index (χ0) is 6.85. The Hall–Kier alpha value is -0.850. The molecule has 47 valence electrons. The smallest absolute Gasteiger partial charge is 0.129 e. The van der Waals surface area contributed by atoms with Crippen LogP contribution in [0.2, 0.25) is 0 Å². The molecule has 0 aliphatic heterocycles. The lowest BCUT2D eigenvalue weighted by Crippen LogP contribution is -1.84. The lowest BCUT2D eigenvalue weighted by molar-refractivity contribution is 0.609. The fourth-order valence-corrected chi connectivity index (χ4v) is 0.724. The molecule has 0 spiro atoms. The summed E-state index contributed by atoms with van der Waals surface area (Å²) < 4.78 is 12.7. The molecular weight excluding hydrogens is 115 g/mol. The van der Waals surface area contributed by atoms with E-state index in [1.54, 1.807) is 26.0 Å². The quantitative estimate of drug-likeness (QED) is 0.496. The Balaban J connectivity index is 3.25. The second-order valence-corrected chi connectivity index (χ2v) is 2.10. The van der Waals surface area contributed by atoms with Crippen molar-refractivity contribution < 1.29 is 4.39 Å². The first-order valence-electron chi connectivity index (χ1n) is 2.85. The molecule has 1 rings (SSSR count). The van der Waals surface area contributed by atoms with Crippen molar-refractivity contribution in [3.63, 3.8) is 0 Å². The number of aryl methyl sites for hydroxylation is 2. The normalized spacial score (nSPS) is 9.67. The molecule has 0 aromatic heterocycles. The highest BCUT2D eigenvalue weighted by atomic mass is 19.1. The van der Waals surface area contributed by atoms with E-state index in [1.807, 2.05) is 0 Å². The molecule has 9 heavy (non-hydrogen) atoms. The molecule has 0 amide bonds. The third-order valence-electron chi connectivity index (χ3n) is 1.31. The van der Waals surface area contributed by atoms with Crippen molar-refractivity contribution in [2.45, 2.75) is 13.8 Å². The predicted molar refractivity (Wildman–Crippen MR) is 34.7 cm³/mol. The summed E-state index contributed by atoms with van der Waals surface area (Å²) in [5.74, 6) is -0.141. The molecule has 1 aromatic rings. The maximum atomic E-state index is 12.7. The first kappa shape index (κ1) is 6.27. The van der Waals surface area contributed by atoms with E-state index in [0.29, 0.717) is 11.1 Å². The second kappa shape index (κ2) is 2.18. The van der Waals surface area contributed by atoms with Crippen LogP contribution in [0.3, 0.4) is 0 Å². The van der Waals surface area contributed by atoms with E-state index in [1.165, 1.54) is 0 Å². The van der Waals surface area contributed by atoms with Crippen LogP contribution in [0.1, 0.15) is 11.1 Å². The Morgan fingerprint density at radius 2 is 2.11 bits per heavy atom. The molecule has 0 saturated heterocycles. The molecule has 0 bridgehead atoms. The summed E-state index contributed by atoms with van der Waals surface area (Å²) in [5, 5.41) is 0. The van der Waals surface area contributed by atoms with Crippen molar-refractivity contribution in [2.24, 2.45) is 0 Å². The van der Waals surface area contributed by atoms with Crippen LogP contribution in [0.25, 0.3) is 0 Å². The average molecular weight is 123 g/mol. The van der Waals surface area contributed by atoms with Crippen LogP contribution in [0.15, 0.2) is 12.1 Å². The van der Waals surface area contributed by atoms with E-state index in [-0.39, 0.29) is 5.82 Å². The van der Waals surface area contributed by atoms with Gasteiger partial charge in [-0.1, -0.05) is 12.1 Å². The molecule has 0 nitrogen and oxygen atoms in total. The molecule has 0 saturated carbocycles. The minimum Gasteiger partial charge on any atom is -0.206 e. The van der Waals surface area contributed by atoms with Gasteiger partial charge in [-0.15, -0.1) is 0 Å². The minimum absolute atomic E-state index is 0.141. The van der Waals surface area contributed by atoms with Gasteiger partial charge in [-0.3, -0.25) is 0 Å². The Kier molecular flexibility index (Phi) is 1.52. The summed E-state index contributed by atoms with van der Waals surface area (Å²) in [6.07, 6.45) is 0. The largest absolute Gasteiger partial charge is 0.206 e. The van der Waals surface area contributed by atoms with Crippen molar-refractivity contribution in [1.82, 2.24) is 0 Å². The molecule has 1 radical (unpaired) electrons. The van der Waals surface area contributed by atoms with Crippen molar-refractivity contribution in [3.8, 4) is 0 Å². The van der Waals surface area contributed by atoms with Gasteiger partial charge in [0.1, 0.15) is 5.82 Å². The van der Waals surface area contributed by atoms with Gasteiger partial charge in [0.05, 0.1) is 0 Å². The summed E-state index contributed by atoms with van der Waals surface area (Å²) in [5.41, 5.74) is 1.28. The molecule has 0 heterocycles. The standard InChI is InChI=1S/C8H8F/c1-6-4-3-5-7(2)8(6)9/h3-4H,1-2H3. The monoisotopic (exact) mass is 123 g/mol. The fraction of sp³-hybridized carbons (Fsp3) is 0.250. The van der Waals surface area contributed by atoms with Gasteiger partial charge in [-0.05, 0) is 31.0 Å². The van der Waals surface area contributed by atoms with Gasteiger partial charge in [0.25, 0.3) is 0 Å². The zero-order valence-electron chi connectivity index (χ0n) is 5.53. The molecule has 0 unspecified atom stereocenters. The third-order valence-corrected chi connectivity index (χ3v) is 1.31. The van der Waals surface area contributed by atoms with Gasteiger partial charge < -0.3 is 0 Å². The molecule has 1 heteroatoms. The number of benzene rings is 1. The zero-order valence-corrected chi connectivity index (χ0v) is 5.53. The van der Waals surface area contributed by atoms with Gasteiger partial charge >= 0.3 is 0 Å². The van der Waals surface area contributed by atoms with Gasteiger partial charge in [0.2, 0.25) is 0 Å². The molecule has 0 N–H and O–H groups in total. The van der Waals surface area contributed by atoms with Crippen LogP contribution >= 0.6 is 0 Å². The number of rotatable bonds is 0. The van der Waals surface area contributed by atoms with Gasteiger partial charge in [-0.2, -0.15) is 0 Å². The highest BCUT2D eigenvalue weighted by Crippen LogP contribution is 2.08. The molecule has 1 aromatic carbocycles. The topological polar surface area (TPSA) is 0 Å². The van der Waals surface area contributed by atoms with E-state index < -0.39 is 0 Å². The number of halogens is 1. The lowest BCUT2D eigenvalue weighted by atomic mass is 10.1. The lowest BCUT2D eigenvalue weighted by Gasteiger charge is -1.96. The van der Waals surface area contributed by atoms with Crippen LogP contribution in [0.4, 0.5) is 4.39 Å². The van der Waals surface area contributed by atoms with Crippen LogP contribution in [-0.4, -0.2) is 0 Å². The van der Waals surface area contributed by atoms with Crippen LogP contribution in [-0.2, 0) is 0 Å². The SMILES string of the molecule is Cc1[c]ccc(C)c1F. The van der Waals surface area contributed by atoms with Crippen molar-refractivity contribution in [3.05, 3.63) is 35.1 Å². The van der Waals surface area contributed by atoms with E-state index in [0.717, 1.165) is 0 Å². The summed E-state index contributed by atoms with van der Waals surface area (Å²) in [6, 6.07) is 6.21. The highest BCUT2D eigenvalue weighted by Gasteiger charge is 1.97. The van der Waals surface area contributed by atoms with Crippen molar-refractivity contribution in [1.29, 1.82) is 0 Å². The van der Waals surface area contributed by atoms with Crippen LogP contribution < -0.4 is 0 Å². The Bertz CT molecular complexity index is 196. The second-order valence-electron chi connectivity index (χ2n) is 2.10. The number of hydrogen-bond acceptors (Lipinski definition) is 0. The number of hydrogen-bond donors (Lipinski definition) is 0. The van der Waals surface area contributed by atoms with E-state index in [4.69, 9.17) is 0 Å². The van der Waals surface area contributed by atoms with Crippen molar-refractivity contribution >= 4 is 0 Å². The molecule has 0 atom stereocenters. The molecule has 0 fully saturated rings. The summed E-state index contributed by atoms with van der Waals surface area (Å²) >= 11 is 0. The van der Waals surface area contributed by atoms with Crippen LogP contribution in [0, 0.1) is 25.7 Å². The summed E-state index contributed by atoms with van der Waals surface area (Å²) in [7, 11) is 0. The van der Waals surface area contributed by atoms with Crippen molar-refractivity contribution in [2.75, 3.05) is 0 Å². The maximum Gasteiger partial charge on any atom is 0.129 e. The Morgan fingerprint density at radius 3 is 2.56 bits per heavy atom. The van der Waals surface area contributed by atoms with Crippen LogP contribution in [0.5, 0.6) is 0 Å². The predicted octanol–water partition coefficient (Wildman–Crippen LogP) is 2.24. The van der Waals surface area contributed by atoms with E-state index in [9.17, 15) is 4.39 Å². The molecule has 0 aliphatic rings. The minimum atomic E-state index is -0.141. The molecular formula is C8H8F. The highest BCUT2D eigenvalue weighted by molar-refractivity contribution is 5.21. The average Bonchev–Trinajstić information content (AvgIpc) is 1.83. The Labute approximate surface area is 54.3 Å². The summed E-state index contributed by atoms with van der Waals surface area (Å²) in [6.45, 7) is 3.46. The first-order chi connectivity index (χ1) is 4.22. The van der Waals surface area contributed by atoms with Gasteiger partial charge in [0, 0.05) is 0 Å². The first-order valence-corrected chi connectivity index (χ1v) is 2.85. The fourth-order valence-electron chi connectivity index (χ4n) is 0.724. The van der Waals surface area contributed by atoms with E-state index >= 15 is 0 Å². The van der Waals surface area contributed by atoms with Gasteiger partial charge in [-0.25, -0.2) is 4.39 Å². The molecule has 0 aliphatic carbocycles. The van der Waals surface area contributed by atoms with E-state index in [2.05, 4.69) is 6.07 Å². The Morgan fingerprint density at radius 1 is 1.44 bits per heavy atom. The summed E-state index contributed by atoms with van der Waals surface area (Å²) in [4.78, 5) is 0. The third kappa shape index (κ3) is 1.10.